The summed E-state index contributed by atoms with van der Waals surface area (Å²) in [6.45, 7) is 6.05. The second-order valence-electron chi connectivity index (χ2n) is 6.57. The molecule has 0 bridgehead atoms. The second-order valence-corrected chi connectivity index (χ2v) is 6.57. The van der Waals surface area contributed by atoms with Gasteiger partial charge in [0.25, 0.3) is 0 Å². The highest BCUT2D eigenvalue weighted by atomic mass is 16.4. The average Bonchev–Trinajstić information content (AvgIpc) is 2.76. The van der Waals surface area contributed by atoms with Crippen molar-refractivity contribution in [1.82, 2.24) is 4.90 Å². The number of piperidine rings is 1. The zero-order chi connectivity index (χ0) is 13.3. The van der Waals surface area contributed by atoms with Gasteiger partial charge in [0.05, 0.1) is 5.92 Å². The highest BCUT2D eigenvalue weighted by Gasteiger charge is 2.38. The van der Waals surface area contributed by atoms with E-state index in [9.17, 15) is 9.59 Å². The number of carboxylic acids is 1. The van der Waals surface area contributed by atoms with Crippen molar-refractivity contribution in [2.75, 3.05) is 13.1 Å². The first-order valence-corrected chi connectivity index (χ1v) is 6.91. The summed E-state index contributed by atoms with van der Waals surface area (Å²) in [5, 5.41) is 8.98. The fraction of sp³-hybridized carbons (Fsp3) is 0.857. The van der Waals surface area contributed by atoms with Gasteiger partial charge in [0.2, 0.25) is 5.91 Å². The molecule has 2 atom stereocenters. The van der Waals surface area contributed by atoms with Crippen LogP contribution in [0.25, 0.3) is 0 Å². The summed E-state index contributed by atoms with van der Waals surface area (Å²) in [6, 6.07) is 0. The first-order chi connectivity index (χ1) is 8.39. The highest BCUT2D eigenvalue weighted by molar-refractivity contribution is 5.81. The Bertz CT molecular complexity index is 351. The van der Waals surface area contributed by atoms with Gasteiger partial charge in [-0.05, 0) is 37.5 Å². The standard InChI is InChI=1S/C14H23NO3/c1-14(2)6-3-7-15(9-14)12(16)10-4-5-11(8-10)13(17)18/h10-11H,3-9H2,1-2H3,(H,17,18). The molecule has 4 heteroatoms. The van der Waals surface area contributed by atoms with Crippen LogP contribution in [0.15, 0.2) is 0 Å². The van der Waals surface area contributed by atoms with Crippen molar-refractivity contribution in [2.45, 2.75) is 46.0 Å². The van der Waals surface area contributed by atoms with Crippen molar-refractivity contribution >= 4 is 11.9 Å². The molecule has 1 heterocycles. The van der Waals surface area contributed by atoms with Crippen LogP contribution < -0.4 is 0 Å². The quantitative estimate of drug-likeness (QED) is 0.820. The molecule has 2 aliphatic rings. The lowest BCUT2D eigenvalue weighted by atomic mass is 9.83. The van der Waals surface area contributed by atoms with E-state index in [1.54, 1.807) is 0 Å². The fourth-order valence-corrected chi connectivity index (χ4v) is 3.30. The molecule has 1 amide bonds. The number of carbonyl (C=O) groups is 2. The van der Waals surface area contributed by atoms with Crippen LogP contribution in [0.3, 0.4) is 0 Å². The number of carboxylic acid groups (broad SMARTS) is 1. The number of amides is 1. The third-order valence-electron chi connectivity index (χ3n) is 4.34. The van der Waals surface area contributed by atoms with Gasteiger partial charge in [-0.25, -0.2) is 0 Å². The zero-order valence-electron chi connectivity index (χ0n) is 11.3. The molecule has 4 nitrogen and oxygen atoms in total. The Morgan fingerprint density at radius 1 is 1.22 bits per heavy atom. The van der Waals surface area contributed by atoms with Crippen molar-refractivity contribution in [2.24, 2.45) is 17.3 Å². The van der Waals surface area contributed by atoms with Crippen molar-refractivity contribution < 1.29 is 14.7 Å². The van der Waals surface area contributed by atoms with Gasteiger partial charge < -0.3 is 10.0 Å². The van der Waals surface area contributed by atoms with Crippen molar-refractivity contribution in [3.8, 4) is 0 Å². The molecule has 102 valence electrons. The zero-order valence-corrected chi connectivity index (χ0v) is 11.3. The Kier molecular flexibility index (Phi) is 3.64. The number of aliphatic carboxylic acids is 1. The van der Waals surface area contributed by atoms with E-state index in [1.165, 1.54) is 6.42 Å². The summed E-state index contributed by atoms with van der Waals surface area (Å²) < 4.78 is 0. The largest absolute Gasteiger partial charge is 0.481 e. The van der Waals surface area contributed by atoms with E-state index in [-0.39, 0.29) is 23.2 Å². The average molecular weight is 253 g/mol. The molecule has 0 aromatic carbocycles. The van der Waals surface area contributed by atoms with Gasteiger partial charge in [-0.1, -0.05) is 13.8 Å². The monoisotopic (exact) mass is 253 g/mol. The Morgan fingerprint density at radius 2 is 1.89 bits per heavy atom. The van der Waals surface area contributed by atoms with E-state index in [0.29, 0.717) is 12.8 Å². The lowest BCUT2D eigenvalue weighted by Crippen LogP contribution is -2.45. The molecular formula is C14H23NO3. The van der Waals surface area contributed by atoms with Crippen LogP contribution in [0, 0.1) is 17.3 Å². The van der Waals surface area contributed by atoms with E-state index >= 15 is 0 Å². The molecule has 2 fully saturated rings. The minimum Gasteiger partial charge on any atom is -0.481 e. The van der Waals surface area contributed by atoms with Crippen LogP contribution in [0.5, 0.6) is 0 Å². The van der Waals surface area contributed by atoms with E-state index in [1.807, 2.05) is 4.90 Å². The molecule has 2 rings (SSSR count). The summed E-state index contributed by atoms with van der Waals surface area (Å²) in [4.78, 5) is 25.3. The first kappa shape index (κ1) is 13.4. The molecular weight excluding hydrogens is 230 g/mol. The molecule has 1 aliphatic heterocycles. The van der Waals surface area contributed by atoms with E-state index in [4.69, 9.17) is 5.11 Å². The molecule has 1 saturated heterocycles. The van der Waals surface area contributed by atoms with Gasteiger partial charge in [-0.15, -0.1) is 0 Å². The minimum atomic E-state index is -0.746. The topological polar surface area (TPSA) is 57.6 Å². The maximum atomic E-state index is 12.4. The van der Waals surface area contributed by atoms with Crippen LogP contribution in [-0.4, -0.2) is 35.0 Å². The Hall–Kier alpha value is -1.06. The van der Waals surface area contributed by atoms with E-state index in [2.05, 4.69) is 13.8 Å². The smallest absolute Gasteiger partial charge is 0.306 e. The molecule has 0 radical (unpaired) electrons. The van der Waals surface area contributed by atoms with Crippen LogP contribution >= 0.6 is 0 Å². The Labute approximate surface area is 108 Å². The third-order valence-corrected chi connectivity index (χ3v) is 4.34. The molecule has 2 unspecified atom stereocenters. The van der Waals surface area contributed by atoms with Crippen molar-refractivity contribution in [1.29, 1.82) is 0 Å². The number of carbonyl (C=O) groups excluding carboxylic acids is 1. The molecule has 1 aliphatic carbocycles. The third kappa shape index (κ3) is 2.85. The maximum Gasteiger partial charge on any atom is 0.306 e. The molecule has 0 spiro atoms. The molecule has 18 heavy (non-hydrogen) atoms. The number of hydrogen-bond acceptors (Lipinski definition) is 2. The van der Waals surface area contributed by atoms with Gasteiger partial charge in [0, 0.05) is 19.0 Å². The SMILES string of the molecule is CC1(C)CCCN(C(=O)C2CCC(C(=O)O)C2)C1. The lowest BCUT2D eigenvalue weighted by molar-refractivity contribution is -0.142. The molecule has 1 saturated carbocycles. The lowest BCUT2D eigenvalue weighted by Gasteiger charge is -2.39. The van der Waals surface area contributed by atoms with Gasteiger partial charge in [0.1, 0.15) is 0 Å². The van der Waals surface area contributed by atoms with Gasteiger partial charge in [0.15, 0.2) is 0 Å². The number of rotatable bonds is 2. The first-order valence-electron chi connectivity index (χ1n) is 6.91. The maximum absolute atomic E-state index is 12.4. The van der Waals surface area contributed by atoms with Crippen LogP contribution in [0.2, 0.25) is 0 Å². The Morgan fingerprint density at radius 3 is 2.44 bits per heavy atom. The van der Waals surface area contributed by atoms with Crippen LogP contribution in [-0.2, 0) is 9.59 Å². The second kappa shape index (κ2) is 4.90. The molecule has 0 aromatic rings. The molecule has 1 N–H and O–H groups in total. The summed E-state index contributed by atoms with van der Waals surface area (Å²) in [7, 11) is 0. The van der Waals surface area contributed by atoms with Gasteiger partial charge in [-0.2, -0.15) is 0 Å². The van der Waals surface area contributed by atoms with Crippen molar-refractivity contribution in [3.63, 3.8) is 0 Å². The van der Waals surface area contributed by atoms with E-state index in [0.717, 1.165) is 25.9 Å². The number of hydrogen-bond donors (Lipinski definition) is 1. The van der Waals surface area contributed by atoms with Gasteiger partial charge in [-0.3, -0.25) is 9.59 Å². The predicted molar refractivity (Wildman–Crippen MR) is 68.1 cm³/mol. The van der Waals surface area contributed by atoms with Gasteiger partial charge >= 0.3 is 5.97 Å². The Balaban J connectivity index is 1.94. The van der Waals surface area contributed by atoms with E-state index < -0.39 is 5.97 Å². The summed E-state index contributed by atoms with van der Waals surface area (Å²) in [5.41, 5.74) is 0.207. The minimum absolute atomic E-state index is 0.0556. The summed E-state index contributed by atoms with van der Waals surface area (Å²) in [6.07, 6.45) is 4.16. The number of likely N-dealkylation sites (tertiary alicyclic amines) is 1. The number of nitrogens with zero attached hydrogens (tertiary/aromatic N) is 1. The van der Waals surface area contributed by atoms with Crippen LogP contribution in [0.4, 0.5) is 0 Å². The highest BCUT2D eigenvalue weighted by Crippen LogP contribution is 2.35. The van der Waals surface area contributed by atoms with Crippen molar-refractivity contribution in [3.05, 3.63) is 0 Å². The molecule has 0 aromatic heterocycles. The summed E-state index contributed by atoms with van der Waals surface area (Å²) >= 11 is 0. The van der Waals surface area contributed by atoms with Crippen LogP contribution in [0.1, 0.15) is 46.0 Å². The normalized spacial score (nSPS) is 31.3. The predicted octanol–water partition coefficient (Wildman–Crippen LogP) is 2.14. The summed E-state index contributed by atoms with van der Waals surface area (Å²) in [5.74, 6) is -0.924. The fourth-order valence-electron chi connectivity index (χ4n) is 3.30.